The lowest BCUT2D eigenvalue weighted by atomic mass is 10.2. The van der Waals surface area contributed by atoms with Gasteiger partial charge in [0.15, 0.2) is 6.29 Å². The van der Waals surface area contributed by atoms with Crippen LogP contribution in [0.25, 0.3) is 16.3 Å². The first-order valence-electron chi connectivity index (χ1n) is 8.01. The SMILES string of the molecule is Cc1c(C=O)nn(-c2ccc(Cl)cc2Cl)c1-c1ccc(C#CCCC#N)s1. The lowest BCUT2D eigenvalue weighted by Gasteiger charge is -2.09. The molecule has 7 heteroatoms. The van der Waals surface area contributed by atoms with Crippen molar-refractivity contribution in [1.82, 2.24) is 9.78 Å². The van der Waals surface area contributed by atoms with E-state index < -0.39 is 0 Å². The number of unbranched alkanes of at least 4 members (excludes halogenated alkanes) is 1. The maximum Gasteiger partial charge on any atom is 0.170 e. The fourth-order valence-corrected chi connectivity index (χ4v) is 4.00. The van der Waals surface area contributed by atoms with Crippen LogP contribution in [0.3, 0.4) is 0 Å². The van der Waals surface area contributed by atoms with E-state index in [9.17, 15) is 4.79 Å². The van der Waals surface area contributed by atoms with Crippen molar-refractivity contribution in [2.45, 2.75) is 19.8 Å². The number of benzene rings is 1. The molecular formula is C20H13Cl2N3OS. The summed E-state index contributed by atoms with van der Waals surface area (Å²) in [4.78, 5) is 13.2. The minimum Gasteiger partial charge on any atom is -0.296 e. The number of carbonyl (C=O) groups is 1. The average molecular weight is 414 g/mol. The molecule has 0 bridgehead atoms. The highest BCUT2D eigenvalue weighted by Gasteiger charge is 2.20. The van der Waals surface area contributed by atoms with Gasteiger partial charge in [-0.1, -0.05) is 35.0 Å². The van der Waals surface area contributed by atoms with Gasteiger partial charge in [-0.15, -0.1) is 11.3 Å². The second kappa shape index (κ2) is 8.41. The van der Waals surface area contributed by atoms with Crippen molar-refractivity contribution < 1.29 is 4.79 Å². The van der Waals surface area contributed by atoms with Gasteiger partial charge in [0.2, 0.25) is 0 Å². The molecule has 3 rings (SSSR count). The zero-order chi connectivity index (χ0) is 19.4. The Kier molecular flexibility index (Phi) is 5.98. The number of hydrogen-bond acceptors (Lipinski definition) is 4. The second-order valence-electron chi connectivity index (χ2n) is 5.61. The molecule has 0 saturated carbocycles. The van der Waals surface area contributed by atoms with Gasteiger partial charge in [0.25, 0.3) is 0 Å². The Hall–Kier alpha value is -2.57. The van der Waals surface area contributed by atoms with Gasteiger partial charge in [0, 0.05) is 23.4 Å². The molecule has 2 heterocycles. The van der Waals surface area contributed by atoms with Crippen LogP contribution in [0, 0.1) is 30.1 Å². The summed E-state index contributed by atoms with van der Waals surface area (Å²) < 4.78 is 1.66. The molecule has 1 aromatic carbocycles. The topological polar surface area (TPSA) is 58.7 Å². The lowest BCUT2D eigenvalue weighted by molar-refractivity contribution is 0.111. The second-order valence-corrected chi connectivity index (χ2v) is 7.54. The van der Waals surface area contributed by atoms with Crippen molar-refractivity contribution >= 4 is 40.8 Å². The van der Waals surface area contributed by atoms with Crippen LogP contribution in [-0.2, 0) is 0 Å². The van der Waals surface area contributed by atoms with Crippen LogP contribution in [0.2, 0.25) is 10.0 Å². The molecule has 4 nitrogen and oxygen atoms in total. The zero-order valence-corrected chi connectivity index (χ0v) is 16.6. The molecule has 0 radical (unpaired) electrons. The van der Waals surface area contributed by atoms with Gasteiger partial charge in [-0.3, -0.25) is 4.79 Å². The first-order chi connectivity index (χ1) is 13.0. The minimum atomic E-state index is 0.353. The highest BCUT2D eigenvalue weighted by molar-refractivity contribution is 7.16. The Bertz CT molecular complexity index is 1110. The third-order valence-electron chi connectivity index (χ3n) is 3.82. The maximum atomic E-state index is 11.4. The Morgan fingerprint density at radius 3 is 2.78 bits per heavy atom. The van der Waals surface area contributed by atoms with Gasteiger partial charge in [0.1, 0.15) is 5.69 Å². The molecule has 27 heavy (non-hydrogen) atoms. The molecule has 134 valence electrons. The van der Waals surface area contributed by atoms with Crippen molar-refractivity contribution in [3.8, 4) is 34.2 Å². The third-order valence-corrected chi connectivity index (χ3v) is 5.37. The minimum absolute atomic E-state index is 0.353. The normalized spacial score (nSPS) is 10.1. The van der Waals surface area contributed by atoms with Crippen molar-refractivity contribution in [2.75, 3.05) is 0 Å². The summed E-state index contributed by atoms with van der Waals surface area (Å²) in [5.74, 6) is 6.05. The van der Waals surface area contributed by atoms with Crippen LogP contribution in [0.1, 0.15) is 33.8 Å². The lowest BCUT2D eigenvalue weighted by Crippen LogP contribution is -2.00. The molecule has 0 unspecified atom stereocenters. The monoisotopic (exact) mass is 413 g/mol. The number of aromatic nitrogens is 2. The standard InChI is InChI=1S/C20H13Cl2N3OS/c1-13-17(12-26)24-25(18-8-6-14(21)11-16(18)22)20(13)19-9-7-15(27-19)5-3-2-4-10-23/h6-9,11-12H,2,4H2,1H3. The van der Waals surface area contributed by atoms with Crippen molar-refractivity contribution in [3.63, 3.8) is 0 Å². The fraction of sp³-hybridized carbons (Fsp3) is 0.150. The smallest absolute Gasteiger partial charge is 0.170 e. The Balaban J connectivity index is 2.09. The maximum absolute atomic E-state index is 11.4. The molecule has 2 aromatic heterocycles. The summed E-state index contributed by atoms with van der Waals surface area (Å²) in [6, 6.07) is 11.1. The molecule has 0 N–H and O–H groups in total. The summed E-state index contributed by atoms with van der Waals surface area (Å²) >= 11 is 13.8. The van der Waals surface area contributed by atoms with Crippen LogP contribution in [0.4, 0.5) is 0 Å². The molecule has 0 fully saturated rings. The van der Waals surface area contributed by atoms with Crippen LogP contribution >= 0.6 is 34.5 Å². The molecule has 0 saturated heterocycles. The number of hydrogen-bond donors (Lipinski definition) is 0. The van der Waals surface area contributed by atoms with Crippen LogP contribution in [0.15, 0.2) is 30.3 Å². The van der Waals surface area contributed by atoms with E-state index in [1.807, 2.05) is 19.1 Å². The van der Waals surface area contributed by atoms with E-state index in [1.165, 1.54) is 11.3 Å². The molecule has 0 amide bonds. The number of aldehydes is 1. The average Bonchev–Trinajstić information content (AvgIpc) is 3.23. The van der Waals surface area contributed by atoms with Crippen molar-refractivity contribution in [3.05, 3.63) is 56.5 Å². The number of nitrogens with zero attached hydrogens (tertiary/aromatic N) is 3. The molecule has 0 aliphatic heterocycles. The first-order valence-corrected chi connectivity index (χ1v) is 9.58. The molecule has 0 spiro atoms. The van der Waals surface area contributed by atoms with Crippen LogP contribution in [-0.4, -0.2) is 16.1 Å². The quantitative estimate of drug-likeness (QED) is 0.313. The van der Waals surface area contributed by atoms with E-state index in [-0.39, 0.29) is 0 Å². The molecule has 3 aromatic rings. The summed E-state index contributed by atoms with van der Waals surface area (Å²) in [6.07, 6.45) is 1.68. The Morgan fingerprint density at radius 1 is 1.26 bits per heavy atom. The van der Waals surface area contributed by atoms with Crippen LogP contribution < -0.4 is 0 Å². The van der Waals surface area contributed by atoms with Gasteiger partial charge in [0.05, 0.1) is 32.2 Å². The van der Waals surface area contributed by atoms with E-state index >= 15 is 0 Å². The van der Waals surface area contributed by atoms with E-state index in [2.05, 4.69) is 23.0 Å². The van der Waals surface area contributed by atoms with E-state index in [1.54, 1.807) is 22.9 Å². The Labute approximate surface area is 171 Å². The van der Waals surface area contributed by atoms with E-state index in [4.69, 9.17) is 28.5 Å². The first kappa shape index (κ1) is 19.2. The fourth-order valence-electron chi connectivity index (χ4n) is 2.54. The number of halogens is 2. The summed E-state index contributed by atoms with van der Waals surface area (Å²) in [7, 11) is 0. The van der Waals surface area contributed by atoms with E-state index in [0.29, 0.717) is 34.3 Å². The van der Waals surface area contributed by atoms with Gasteiger partial charge < -0.3 is 0 Å². The van der Waals surface area contributed by atoms with Gasteiger partial charge in [-0.2, -0.15) is 10.4 Å². The zero-order valence-electron chi connectivity index (χ0n) is 14.3. The number of carbonyl (C=O) groups excluding carboxylic acids is 1. The van der Waals surface area contributed by atoms with Gasteiger partial charge in [-0.25, -0.2) is 4.68 Å². The number of thiophene rings is 1. The van der Waals surface area contributed by atoms with Gasteiger partial charge in [-0.05, 0) is 37.3 Å². The van der Waals surface area contributed by atoms with Gasteiger partial charge >= 0.3 is 0 Å². The third kappa shape index (κ3) is 4.07. The summed E-state index contributed by atoms with van der Waals surface area (Å²) in [6.45, 7) is 1.85. The predicted molar refractivity (Wildman–Crippen MR) is 109 cm³/mol. The van der Waals surface area contributed by atoms with Crippen molar-refractivity contribution in [2.24, 2.45) is 0 Å². The highest BCUT2D eigenvalue weighted by Crippen LogP contribution is 2.35. The number of nitriles is 1. The molecule has 0 atom stereocenters. The number of rotatable bonds is 4. The van der Waals surface area contributed by atoms with Crippen LogP contribution in [0.5, 0.6) is 0 Å². The van der Waals surface area contributed by atoms with Crippen molar-refractivity contribution in [1.29, 1.82) is 5.26 Å². The highest BCUT2D eigenvalue weighted by atomic mass is 35.5. The largest absolute Gasteiger partial charge is 0.296 e. The van der Waals surface area contributed by atoms with E-state index in [0.717, 1.165) is 27.3 Å². The summed E-state index contributed by atoms with van der Waals surface area (Å²) in [5, 5.41) is 14.0. The summed E-state index contributed by atoms with van der Waals surface area (Å²) in [5.41, 5.74) is 2.55. The Morgan fingerprint density at radius 2 is 2.07 bits per heavy atom. The molecular weight excluding hydrogens is 401 g/mol. The molecule has 0 aliphatic rings. The molecule has 0 aliphatic carbocycles. The predicted octanol–water partition coefficient (Wildman–Crippen LogP) is 5.68.